The zero-order chi connectivity index (χ0) is 18.2. The molecule has 2 saturated heterocycles. The summed E-state index contributed by atoms with van der Waals surface area (Å²) in [4.78, 5) is 37.3. The van der Waals surface area contributed by atoms with E-state index in [1.807, 2.05) is 6.92 Å². The Hall–Kier alpha value is -1.80. The van der Waals surface area contributed by atoms with Crippen molar-refractivity contribution in [3.05, 3.63) is 29.0 Å². The van der Waals surface area contributed by atoms with Gasteiger partial charge in [-0.1, -0.05) is 11.6 Å². The largest absolute Gasteiger partial charge is 0.454 e. The second kappa shape index (κ2) is 6.84. The third-order valence-electron chi connectivity index (χ3n) is 4.27. The van der Waals surface area contributed by atoms with Gasteiger partial charge >= 0.3 is 5.97 Å². The molecule has 2 atom stereocenters. The maximum atomic E-state index is 13.1. The molecule has 0 spiro atoms. The molecule has 0 aliphatic carbocycles. The van der Waals surface area contributed by atoms with Crippen LogP contribution in [0.3, 0.4) is 0 Å². The molecule has 0 bridgehead atoms. The highest BCUT2D eigenvalue weighted by molar-refractivity contribution is 8.01. The number of ether oxygens (including phenoxy) is 1. The molecule has 2 fully saturated rings. The Morgan fingerprint density at radius 3 is 3.00 bits per heavy atom. The second-order valence-corrected chi connectivity index (χ2v) is 7.96. The zero-order valence-corrected chi connectivity index (χ0v) is 15.0. The Bertz CT molecular complexity index is 747. The predicted octanol–water partition coefficient (Wildman–Crippen LogP) is 2.41. The highest BCUT2D eigenvalue weighted by atomic mass is 35.5. The molecule has 134 valence electrons. The summed E-state index contributed by atoms with van der Waals surface area (Å²) < 4.78 is 18.1. The first-order valence-corrected chi connectivity index (χ1v) is 9.04. The number of nitrogens with one attached hydrogen (secondary N) is 1. The maximum Gasteiger partial charge on any atom is 0.330 e. The van der Waals surface area contributed by atoms with Crippen molar-refractivity contribution in [3.63, 3.8) is 0 Å². The number of halogens is 2. The van der Waals surface area contributed by atoms with Crippen molar-refractivity contribution >= 4 is 46.8 Å². The summed E-state index contributed by atoms with van der Waals surface area (Å²) in [6.07, 6.45) is 1.12. The molecule has 2 amide bonds. The Labute approximate surface area is 153 Å². The second-order valence-electron chi connectivity index (χ2n) is 6.05. The average molecular weight is 387 g/mol. The highest BCUT2D eigenvalue weighted by Gasteiger charge is 2.53. The number of thioether (sulfide) groups is 1. The quantitative estimate of drug-likeness (QED) is 0.804. The van der Waals surface area contributed by atoms with Crippen molar-refractivity contribution in [2.45, 2.75) is 30.7 Å². The van der Waals surface area contributed by atoms with Gasteiger partial charge < -0.3 is 15.0 Å². The molecule has 1 aromatic rings. The third kappa shape index (κ3) is 3.59. The summed E-state index contributed by atoms with van der Waals surface area (Å²) in [5.41, 5.74) is 0.297. The molecule has 25 heavy (non-hydrogen) atoms. The Morgan fingerprint density at radius 2 is 2.28 bits per heavy atom. The number of carbonyl (C=O) groups excluding carboxylic acids is 3. The van der Waals surface area contributed by atoms with Crippen molar-refractivity contribution in [2.24, 2.45) is 0 Å². The number of anilines is 1. The van der Waals surface area contributed by atoms with Gasteiger partial charge in [-0.05, 0) is 31.5 Å². The number of benzene rings is 1. The van der Waals surface area contributed by atoms with Crippen LogP contribution in [0.1, 0.15) is 19.8 Å². The summed E-state index contributed by atoms with van der Waals surface area (Å²) in [7, 11) is 0. The van der Waals surface area contributed by atoms with Crippen LogP contribution < -0.4 is 5.32 Å². The lowest BCUT2D eigenvalue weighted by molar-refractivity contribution is -0.155. The number of fused-ring (bicyclic) bond motifs is 1. The number of hydrogen-bond donors (Lipinski definition) is 1. The van der Waals surface area contributed by atoms with E-state index in [9.17, 15) is 18.8 Å². The molecule has 2 heterocycles. The first-order chi connectivity index (χ1) is 11.8. The monoisotopic (exact) mass is 386 g/mol. The summed E-state index contributed by atoms with van der Waals surface area (Å²) >= 11 is 7.19. The fourth-order valence-electron chi connectivity index (χ4n) is 3.00. The molecule has 1 N–H and O–H groups in total. The molecular weight excluding hydrogens is 371 g/mol. The van der Waals surface area contributed by atoms with Gasteiger partial charge in [0.15, 0.2) is 6.61 Å². The predicted molar refractivity (Wildman–Crippen MR) is 91.7 cm³/mol. The van der Waals surface area contributed by atoms with Crippen molar-refractivity contribution in [1.29, 1.82) is 0 Å². The average Bonchev–Trinajstić information content (AvgIpc) is 3.05. The van der Waals surface area contributed by atoms with Crippen LogP contribution >= 0.6 is 23.4 Å². The Balaban J connectivity index is 1.54. The lowest BCUT2D eigenvalue weighted by Gasteiger charge is -2.29. The Kier molecular flexibility index (Phi) is 4.92. The van der Waals surface area contributed by atoms with Gasteiger partial charge in [-0.2, -0.15) is 0 Å². The van der Waals surface area contributed by atoms with Gasteiger partial charge in [0.2, 0.25) is 5.91 Å². The molecule has 0 radical (unpaired) electrons. The minimum Gasteiger partial charge on any atom is -0.454 e. The van der Waals surface area contributed by atoms with Crippen molar-refractivity contribution in [1.82, 2.24) is 4.90 Å². The summed E-state index contributed by atoms with van der Waals surface area (Å²) in [5.74, 6) is -1.38. The van der Waals surface area contributed by atoms with E-state index < -0.39 is 30.3 Å². The highest BCUT2D eigenvalue weighted by Crippen LogP contribution is 2.47. The molecular formula is C16H16ClFN2O4S. The number of carbonyl (C=O) groups is 3. The molecule has 1 aromatic carbocycles. The van der Waals surface area contributed by atoms with Crippen LogP contribution in [0.4, 0.5) is 10.1 Å². The van der Waals surface area contributed by atoms with Gasteiger partial charge in [0, 0.05) is 17.9 Å². The van der Waals surface area contributed by atoms with E-state index in [-0.39, 0.29) is 15.8 Å². The lowest BCUT2D eigenvalue weighted by Crippen LogP contribution is -2.47. The summed E-state index contributed by atoms with van der Waals surface area (Å²) in [6.45, 7) is 1.44. The molecule has 2 aliphatic rings. The molecule has 3 rings (SSSR count). The molecule has 2 aliphatic heterocycles. The van der Waals surface area contributed by atoms with Crippen molar-refractivity contribution < 1.29 is 23.5 Å². The number of hydrogen-bond acceptors (Lipinski definition) is 5. The molecule has 0 aromatic heterocycles. The van der Waals surface area contributed by atoms with E-state index in [2.05, 4.69) is 5.32 Å². The molecule has 0 unspecified atom stereocenters. The van der Waals surface area contributed by atoms with Gasteiger partial charge in [-0.15, -0.1) is 11.8 Å². The minimum absolute atomic E-state index is 0.0696. The fourth-order valence-corrected chi connectivity index (χ4v) is 4.60. The van der Waals surface area contributed by atoms with E-state index >= 15 is 0 Å². The number of amides is 2. The number of rotatable bonds is 4. The topological polar surface area (TPSA) is 75.7 Å². The van der Waals surface area contributed by atoms with Crippen molar-refractivity contribution in [2.75, 3.05) is 17.7 Å². The SMILES string of the molecule is C[C@@]12CCC(=O)N1[C@@H](C(=O)OCC(=O)Nc1ccc(F)c(Cl)c1)CS2. The van der Waals surface area contributed by atoms with Gasteiger partial charge in [-0.25, -0.2) is 9.18 Å². The standard InChI is InChI=1S/C16H16ClFN2O4S/c1-16-5-4-14(22)20(16)12(8-25-16)15(23)24-7-13(21)19-9-2-3-11(18)10(17)6-9/h2-3,6,12H,4-5,7-8H2,1H3,(H,19,21)/t12-,16-/m1/s1. The van der Waals surface area contributed by atoms with E-state index in [1.54, 1.807) is 16.7 Å². The summed E-state index contributed by atoms with van der Waals surface area (Å²) in [6, 6.07) is 3.07. The normalized spacial score (nSPS) is 25.0. The summed E-state index contributed by atoms with van der Waals surface area (Å²) in [5, 5.41) is 2.34. The van der Waals surface area contributed by atoms with Crippen LogP contribution in [0.2, 0.25) is 5.02 Å². The lowest BCUT2D eigenvalue weighted by atomic mass is 10.2. The number of esters is 1. The van der Waals surface area contributed by atoms with Crippen LogP contribution in [0.5, 0.6) is 0 Å². The smallest absolute Gasteiger partial charge is 0.330 e. The van der Waals surface area contributed by atoms with Crippen LogP contribution in [0, 0.1) is 5.82 Å². The molecule has 0 saturated carbocycles. The van der Waals surface area contributed by atoms with Gasteiger partial charge in [0.25, 0.3) is 5.91 Å². The molecule has 6 nitrogen and oxygen atoms in total. The maximum absolute atomic E-state index is 13.1. The van der Waals surface area contributed by atoms with Gasteiger partial charge in [0.1, 0.15) is 11.9 Å². The first-order valence-electron chi connectivity index (χ1n) is 7.68. The van der Waals surface area contributed by atoms with Crippen LogP contribution in [-0.4, -0.2) is 46.0 Å². The number of nitrogens with zero attached hydrogens (tertiary/aromatic N) is 1. The third-order valence-corrected chi connectivity index (χ3v) is 6.06. The van der Waals surface area contributed by atoms with Crippen LogP contribution in [0.15, 0.2) is 18.2 Å². The first kappa shape index (κ1) is 18.0. The van der Waals surface area contributed by atoms with Crippen molar-refractivity contribution in [3.8, 4) is 0 Å². The van der Waals surface area contributed by atoms with Crippen LogP contribution in [-0.2, 0) is 19.1 Å². The zero-order valence-electron chi connectivity index (χ0n) is 13.4. The van der Waals surface area contributed by atoms with E-state index in [0.717, 1.165) is 6.07 Å². The van der Waals surface area contributed by atoms with E-state index in [4.69, 9.17) is 16.3 Å². The van der Waals surface area contributed by atoms with Gasteiger partial charge in [0.05, 0.1) is 9.89 Å². The molecule has 9 heteroatoms. The minimum atomic E-state index is -0.668. The van der Waals surface area contributed by atoms with E-state index in [1.165, 1.54) is 12.1 Å². The fraction of sp³-hybridized carbons (Fsp3) is 0.438. The van der Waals surface area contributed by atoms with E-state index in [0.29, 0.717) is 24.3 Å². The Morgan fingerprint density at radius 1 is 1.52 bits per heavy atom. The van der Waals surface area contributed by atoms with Crippen LogP contribution in [0.25, 0.3) is 0 Å². The van der Waals surface area contributed by atoms with Gasteiger partial charge in [-0.3, -0.25) is 9.59 Å².